The van der Waals surface area contributed by atoms with Gasteiger partial charge in [-0.2, -0.15) is 11.2 Å². The van der Waals surface area contributed by atoms with E-state index >= 15 is 0 Å². The van der Waals surface area contributed by atoms with Crippen LogP contribution in [0.5, 0.6) is 11.5 Å². The summed E-state index contributed by atoms with van der Waals surface area (Å²) in [5.74, 6) is 2.12. The van der Waals surface area contributed by atoms with Gasteiger partial charge in [-0.1, -0.05) is 118 Å². The predicted octanol–water partition coefficient (Wildman–Crippen LogP) is 12.9. The largest absolute Gasteiger partial charge is 2.00 e. The van der Waals surface area contributed by atoms with Crippen LogP contribution in [0.4, 0.5) is 0 Å². The van der Waals surface area contributed by atoms with Gasteiger partial charge in [0.05, 0.1) is 5.69 Å². The van der Waals surface area contributed by atoms with Crippen LogP contribution in [0.3, 0.4) is 0 Å². The average Bonchev–Trinajstić information content (AvgIpc) is 3.59. The van der Waals surface area contributed by atoms with Gasteiger partial charge in [0.2, 0.25) is 0 Å². The molecule has 286 valence electrons. The molecule has 7 aromatic rings. The second-order valence-electron chi connectivity index (χ2n) is 17.9. The Bertz CT molecular complexity index is 2480. The maximum Gasteiger partial charge on any atom is 2.00 e. The fraction of sp³-hybridized carbons (Fsp3) is 0.347. The number of aromatic nitrogens is 4. The third kappa shape index (κ3) is 7.69. The number of hydrogen-bond acceptors (Lipinski definition) is 3. The van der Waals surface area contributed by atoms with E-state index < -0.39 is 0 Å². The number of pyridine rings is 1. The molecule has 55 heavy (non-hydrogen) atoms. The van der Waals surface area contributed by atoms with E-state index in [9.17, 15) is 0 Å². The molecule has 0 radical (unpaired) electrons. The van der Waals surface area contributed by atoms with Crippen molar-refractivity contribution in [3.63, 3.8) is 0 Å². The van der Waals surface area contributed by atoms with Crippen molar-refractivity contribution in [3.8, 4) is 34.1 Å². The molecule has 0 spiro atoms. The Morgan fingerprint density at radius 3 is 2.04 bits per heavy atom. The van der Waals surface area contributed by atoms with Crippen molar-refractivity contribution in [2.24, 2.45) is 0 Å². The summed E-state index contributed by atoms with van der Waals surface area (Å²) in [7, 11) is 0. The van der Waals surface area contributed by atoms with E-state index in [-0.39, 0.29) is 36.7 Å². The summed E-state index contributed by atoms with van der Waals surface area (Å²) in [6.45, 7) is 27.0. The third-order valence-electron chi connectivity index (χ3n) is 10.5. The molecule has 3 aromatic heterocycles. The number of benzene rings is 4. The number of fused-ring (bicyclic) bond motifs is 3. The summed E-state index contributed by atoms with van der Waals surface area (Å²) in [4.78, 5) is 4.82. The van der Waals surface area contributed by atoms with Gasteiger partial charge in [-0.05, 0) is 88.0 Å². The summed E-state index contributed by atoms with van der Waals surface area (Å²) in [5.41, 5.74) is 12.2. The monoisotopic (exact) mass is 820 g/mol. The van der Waals surface area contributed by atoms with Crippen molar-refractivity contribution in [1.82, 2.24) is 19.3 Å². The molecular formula is C49H54N4OPd. The van der Waals surface area contributed by atoms with Crippen molar-refractivity contribution in [3.05, 3.63) is 131 Å². The second-order valence-corrected chi connectivity index (χ2v) is 17.9. The molecule has 4 aromatic carbocycles. The minimum Gasteiger partial charge on any atom is -0.509 e. The molecule has 7 rings (SSSR count). The Kier molecular flexibility index (Phi) is 10.9. The van der Waals surface area contributed by atoms with Gasteiger partial charge in [0.15, 0.2) is 0 Å². The van der Waals surface area contributed by atoms with Crippen molar-refractivity contribution < 1.29 is 25.2 Å². The van der Waals surface area contributed by atoms with Crippen LogP contribution in [-0.2, 0) is 43.1 Å². The molecule has 0 saturated heterocycles. The minimum absolute atomic E-state index is 0. The first kappa shape index (κ1) is 40.2. The Morgan fingerprint density at radius 2 is 1.38 bits per heavy atom. The van der Waals surface area contributed by atoms with Crippen LogP contribution in [0, 0.1) is 26.0 Å². The van der Waals surface area contributed by atoms with Gasteiger partial charge in [-0.3, -0.25) is 4.68 Å². The molecule has 0 fully saturated rings. The van der Waals surface area contributed by atoms with Gasteiger partial charge < -0.3 is 9.30 Å². The topological polar surface area (TPSA) is 44.9 Å². The first-order chi connectivity index (χ1) is 25.5. The molecular weight excluding hydrogens is 767 g/mol. The smallest absolute Gasteiger partial charge is 0.509 e. The van der Waals surface area contributed by atoms with Crippen molar-refractivity contribution >= 4 is 21.8 Å². The standard InChI is InChI=1S/C49H54N4O.Pd/c1-13-17-33-24-25-50-44(26-33)52-42-21-15-14-18-38(42)39-23-22-36(30-43(39)52)54-37-28-34(47(4,5)6)27-35(29-37)53-32(3)45(31(2)51-53)46-40(48(7,8)9)19-16-20-41(46)49(10,11)12;/h14-16,18-28H,13,17H2,1-12H3;/q-2;+2. The van der Waals surface area contributed by atoms with Gasteiger partial charge in [0.25, 0.3) is 0 Å². The van der Waals surface area contributed by atoms with Crippen molar-refractivity contribution in [1.29, 1.82) is 0 Å². The fourth-order valence-electron chi connectivity index (χ4n) is 7.76. The number of nitrogens with zero attached hydrogens (tertiary/aromatic N) is 4. The van der Waals surface area contributed by atoms with Gasteiger partial charge in [-0.25, -0.2) is 4.98 Å². The van der Waals surface area contributed by atoms with E-state index in [0.717, 1.165) is 63.1 Å². The Morgan fingerprint density at radius 1 is 0.691 bits per heavy atom. The number of rotatable bonds is 7. The molecule has 0 bridgehead atoms. The van der Waals surface area contributed by atoms with Crippen LogP contribution >= 0.6 is 0 Å². The molecule has 0 saturated carbocycles. The van der Waals surface area contributed by atoms with Gasteiger partial charge >= 0.3 is 20.4 Å². The van der Waals surface area contributed by atoms with Gasteiger partial charge in [0, 0.05) is 34.5 Å². The first-order valence-corrected chi connectivity index (χ1v) is 19.3. The van der Waals surface area contributed by atoms with E-state index in [1.165, 1.54) is 27.8 Å². The molecule has 5 nitrogen and oxygen atoms in total. The number of para-hydroxylation sites is 1. The Labute approximate surface area is 341 Å². The van der Waals surface area contributed by atoms with Gasteiger partial charge in [0.1, 0.15) is 5.82 Å². The summed E-state index contributed by atoms with van der Waals surface area (Å²) in [6, 6.07) is 35.3. The first-order valence-electron chi connectivity index (χ1n) is 19.3. The quantitative estimate of drug-likeness (QED) is 0.119. The molecule has 0 aliphatic carbocycles. The van der Waals surface area contributed by atoms with Crippen molar-refractivity contribution in [2.75, 3.05) is 0 Å². The minimum atomic E-state index is -0.144. The zero-order chi connectivity index (χ0) is 38.7. The van der Waals surface area contributed by atoms with E-state index in [4.69, 9.17) is 14.8 Å². The molecule has 0 aliphatic heterocycles. The van der Waals surface area contributed by atoms with Crippen LogP contribution in [0.25, 0.3) is 44.4 Å². The average molecular weight is 821 g/mol. The summed E-state index contributed by atoms with van der Waals surface area (Å²) in [5, 5.41) is 7.48. The van der Waals surface area contributed by atoms with E-state index in [1.807, 2.05) is 12.3 Å². The van der Waals surface area contributed by atoms with Crippen LogP contribution in [-0.4, -0.2) is 19.3 Å². The van der Waals surface area contributed by atoms with Crippen LogP contribution in [0.2, 0.25) is 0 Å². The zero-order valence-electron chi connectivity index (χ0n) is 34.5. The molecule has 0 aliphatic rings. The maximum atomic E-state index is 6.74. The van der Waals surface area contributed by atoms with Crippen LogP contribution in [0.15, 0.2) is 85.1 Å². The molecule has 6 heteroatoms. The van der Waals surface area contributed by atoms with E-state index in [1.54, 1.807) is 0 Å². The molecule has 0 amide bonds. The van der Waals surface area contributed by atoms with Gasteiger partial charge in [-0.15, -0.1) is 41.3 Å². The molecule has 0 atom stereocenters. The van der Waals surface area contributed by atoms with E-state index in [0.29, 0.717) is 11.5 Å². The summed E-state index contributed by atoms with van der Waals surface area (Å²) < 4.78 is 11.0. The zero-order valence-corrected chi connectivity index (χ0v) is 36.1. The number of aryl methyl sites for hydroxylation is 2. The second kappa shape index (κ2) is 14.9. The summed E-state index contributed by atoms with van der Waals surface area (Å²) >= 11 is 0. The van der Waals surface area contributed by atoms with Crippen LogP contribution < -0.4 is 4.74 Å². The van der Waals surface area contributed by atoms with Crippen LogP contribution in [0.1, 0.15) is 109 Å². The molecule has 0 N–H and O–H groups in total. The fourth-order valence-corrected chi connectivity index (χ4v) is 7.76. The Balaban J connectivity index is 0.00000514. The summed E-state index contributed by atoms with van der Waals surface area (Å²) in [6.07, 6.45) is 3.99. The molecule has 3 heterocycles. The normalized spacial score (nSPS) is 12.4. The molecule has 0 unspecified atom stereocenters. The third-order valence-corrected chi connectivity index (χ3v) is 10.5. The number of ether oxygens (including phenoxy) is 1. The van der Waals surface area contributed by atoms with E-state index in [2.05, 4.69) is 177 Å². The Hall–Kier alpha value is -4.50. The maximum absolute atomic E-state index is 6.74. The predicted molar refractivity (Wildman–Crippen MR) is 225 cm³/mol. The SMILES string of the molecule is CCCc1ccnc(-n2c3[c-]c(Oc4[c-]c(-n5nc(C)c(-c6c(C(C)(C)C)cccc6C(C)(C)C)c5C)cc(C(C)(C)C)c4)ccc3c3ccccc32)c1.[Pd+2]. The number of hydrogen-bond donors (Lipinski definition) is 0. The van der Waals surface area contributed by atoms with Crippen molar-refractivity contribution in [2.45, 2.75) is 112 Å².